The Balaban J connectivity index is 2.10. The van der Waals surface area contributed by atoms with Crippen LogP contribution in [-0.4, -0.2) is 22.6 Å². The number of nitrogens with one attached hydrogen (secondary N) is 1. The minimum atomic E-state index is -0.848. The summed E-state index contributed by atoms with van der Waals surface area (Å²) in [5, 5.41) is 11.3. The first-order chi connectivity index (χ1) is 7.65. The molecule has 2 rings (SSSR count). The van der Waals surface area contributed by atoms with Gasteiger partial charge in [0, 0.05) is 6.54 Å². The van der Waals surface area contributed by atoms with Gasteiger partial charge in [-0.1, -0.05) is 6.07 Å². The van der Waals surface area contributed by atoms with Crippen LogP contribution in [0.25, 0.3) is 11.1 Å². The monoisotopic (exact) mass is 220 g/mol. The van der Waals surface area contributed by atoms with Crippen molar-refractivity contribution in [1.29, 1.82) is 0 Å². The van der Waals surface area contributed by atoms with Crippen LogP contribution < -0.4 is 5.32 Å². The molecule has 5 heteroatoms. The Labute approximate surface area is 92.1 Å². The highest BCUT2D eigenvalue weighted by atomic mass is 16.4. The first-order valence-electron chi connectivity index (χ1n) is 4.98. The number of carbonyl (C=O) groups is 1. The number of nitrogens with zero attached hydrogens (tertiary/aromatic N) is 1. The predicted octanol–water partition coefficient (Wildman–Crippen LogP) is 2.02. The van der Waals surface area contributed by atoms with E-state index in [2.05, 4.69) is 10.3 Å². The van der Waals surface area contributed by atoms with Gasteiger partial charge in [0.15, 0.2) is 5.58 Å². The van der Waals surface area contributed by atoms with Gasteiger partial charge in [-0.15, -0.1) is 0 Å². The third kappa shape index (κ3) is 2.31. The first-order valence-corrected chi connectivity index (χ1v) is 4.98. The molecule has 0 aliphatic heterocycles. The van der Waals surface area contributed by atoms with Crippen LogP contribution in [0.2, 0.25) is 0 Å². The summed E-state index contributed by atoms with van der Waals surface area (Å²) in [6.45, 7) is 2.28. The van der Waals surface area contributed by atoms with Crippen molar-refractivity contribution >= 4 is 23.1 Å². The number of oxazole rings is 1. The molecule has 0 spiro atoms. The van der Waals surface area contributed by atoms with Gasteiger partial charge in [0.05, 0.1) is 6.42 Å². The number of fused-ring (bicyclic) bond motifs is 1. The molecule has 1 heterocycles. The number of aryl methyl sites for hydroxylation is 1. The van der Waals surface area contributed by atoms with Crippen molar-refractivity contribution in [3.05, 3.63) is 23.8 Å². The zero-order valence-electron chi connectivity index (χ0n) is 8.86. The Hall–Kier alpha value is -2.04. The highest BCUT2D eigenvalue weighted by Crippen LogP contribution is 2.19. The maximum absolute atomic E-state index is 10.3. The Bertz CT molecular complexity index is 519. The highest BCUT2D eigenvalue weighted by molar-refractivity contribution is 5.75. The van der Waals surface area contributed by atoms with Crippen LogP contribution in [0.1, 0.15) is 12.0 Å². The number of aliphatic carboxylic acids is 1. The number of carboxylic acids is 1. The fourth-order valence-electron chi connectivity index (χ4n) is 1.39. The van der Waals surface area contributed by atoms with Crippen molar-refractivity contribution in [2.75, 3.05) is 11.9 Å². The van der Waals surface area contributed by atoms with Crippen LogP contribution in [0.3, 0.4) is 0 Å². The summed E-state index contributed by atoms with van der Waals surface area (Å²) in [6, 6.07) is 6.07. The fraction of sp³-hybridized carbons (Fsp3) is 0.273. The van der Waals surface area contributed by atoms with Crippen LogP contribution in [0.5, 0.6) is 0 Å². The smallest absolute Gasteiger partial charge is 0.305 e. The standard InChI is InChI=1S/C11H12N2O3/c1-7-2-3-9-8(6-7)13-11(16-9)12-5-4-10(14)15/h2-3,6H,4-5H2,1H3,(H,12,13)(H,14,15). The lowest BCUT2D eigenvalue weighted by Crippen LogP contribution is -2.07. The quantitative estimate of drug-likeness (QED) is 0.824. The minimum Gasteiger partial charge on any atom is -0.481 e. The molecule has 2 aromatic rings. The molecule has 0 amide bonds. The van der Waals surface area contributed by atoms with E-state index in [0.29, 0.717) is 18.1 Å². The van der Waals surface area contributed by atoms with E-state index in [1.807, 2.05) is 25.1 Å². The molecule has 0 unspecified atom stereocenters. The average Bonchev–Trinajstić information content (AvgIpc) is 2.58. The van der Waals surface area contributed by atoms with E-state index in [9.17, 15) is 4.79 Å². The number of aromatic nitrogens is 1. The Kier molecular flexibility index (Phi) is 2.76. The van der Waals surface area contributed by atoms with E-state index >= 15 is 0 Å². The number of anilines is 1. The van der Waals surface area contributed by atoms with Gasteiger partial charge in [-0.05, 0) is 24.6 Å². The fourth-order valence-corrected chi connectivity index (χ4v) is 1.39. The highest BCUT2D eigenvalue weighted by Gasteiger charge is 2.05. The molecule has 0 saturated heterocycles. The van der Waals surface area contributed by atoms with Gasteiger partial charge < -0.3 is 14.8 Å². The maximum atomic E-state index is 10.3. The summed E-state index contributed by atoms with van der Waals surface area (Å²) >= 11 is 0. The molecule has 16 heavy (non-hydrogen) atoms. The van der Waals surface area contributed by atoms with Crippen molar-refractivity contribution in [2.24, 2.45) is 0 Å². The Morgan fingerprint density at radius 1 is 1.56 bits per heavy atom. The summed E-state index contributed by atoms with van der Waals surface area (Å²) in [4.78, 5) is 14.5. The molecule has 5 nitrogen and oxygen atoms in total. The summed E-state index contributed by atoms with van der Waals surface area (Å²) in [5.41, 5.74) is 2.58. The lowest BCUT2D eigenvalue weighted by molar-refractivity contribution is -0.136. The molecular weight excluding hydrogens is 208 g/mol. The van der Waals surface area contributed by atoms with Crippen LogP contribution in [0.15, 0.2) is 22.6 Å². The molecular formula is C11H12N2O3. The maximum Gasteiger partial charge on any atom is 0.305 e. The van der Waals surface area contributed by atoms with E-state index < -0.39 is 5.97 Å². The molecule has 84 valence electrons. The lowest BCUT2D eigenvalue weighted by Gasteiger charge is -1.96. The second kappa shape index (κ2) is 4.22. The normalized spacial score (nSPS) is 10.6. The van der Waals surface area contributed by atoms with Crippen molar-refractivity contribution in [1.82, 2.24) is 4.98 Å². The second-order valence-electron chi connectivity index (χ2n) is 3.56. The molecule has 0 aliphatic carbocycles. The van der Waals surface area contributed by atoms with Crippen molar-refractivity contribution in [3.8, 4) is 0 Å². The molecule has 0 aliphatic rings. The second-order valence-corrected chi connectivity index (χ2v) is 3.56. The van der Waals surface area contributed by atoms with Gasteiger partial charge in [-0.25, -0.2) is 0 Å². The number of carboxylic acid groups (broad SMARTS) is 1. The molecule has 0 atom stereocenters. The lowest BCUT2D eigenvalue weighted by atomic mass is 10.2. The largest absolute Gasteiger partial charge is 0.481 e. The molecule has 1 aromatic heterocycles. The number of hydrogen-bond acceptors (Lipinski definition) is 4. The van der Waals surface area contributed by atoms with Crippen LogP contribution in [-0.2, 0) is 4.79 Å². The van der Waals surface area contributed by atoms with E-state index in [0.717, 1.165) is 11.1 Å². The molecule has 0 radical (unpaired) electrons. The van der Waals surface area contributed by atoms with Crippen LogP contribution in [0.4, 0.5) is 6.01 Å². The van der Waals surface area contributed by atoms with Crippen molar-refractivity contribution < 1.29 is 14.3 Å². The molecule has 2 N–H and O–H groups in total. The molecule has 0 bridgehead atoms. The average molecular weight is 220 g/mol. The van der Waals surface area contributed by atoms with Gasteiger partial charge in [-0.3, -0.25) is 4.79 Å². The van der Waals surface area contributed by atoms with Gasteiger partial charge in [0.1, 0.15) is 5.52 Å². The van der Waals surface area contributed by atoms with E-state index in [4.69, 9.17) is 9.52 Å². The minimum absolute atomic E-state index is 0.0394. The summed E-state index contributed by atoms with van der Waals surface area (Å²) in [7, 11) is 0. The summed E-state index contributed by atoms with van der Waals surface area (Å²) in [6.07, 6.45) is 0.0394. The predicted molar refractivity (Wildman–Crippen MR) is 59.5 cm³/mol. The molecule has 1 aromatic carbocycles. The van der Waals surface area contributed by atoms with Gasteiger partial charge in [0.25, 0.3) is 6.01 Å². The van der Waals surface area contributed by atoms with Crippen molar-refractivity contribution in [2.45, 2.75) is 13.3 Å². The molecule has 0 saturated carbocycles. The number of rotatable bonds is 4. The zero-order chi connectivity index (χ0) is 11.5. The number of benzene rings is 1. The first kappa shape index (κ1) is 10.5. The van der Waals surface area contributed by atoms with Gasteiger partial charge in [-0.2, -0.15) is 4.98 Å². The third-order valence-electron chi connectivity index (χ3n) is 2.16. The van der Waals surface area contributed by atoms with Crippen molar-refractivity contribution in [3.63, 3.8) is 0 Å². The zero-order valence-corrected chi connectivity index (χ0v) is 8.86. The Morgan fingerprint density at radius 3 is 3.12 bits per heavy atom. The van der Waals surface area contributed by atoms with Gasteiger partial charge in [0.2, 0.25) is 0 Å². The molecule has 0 fully saturated rings. The topological polar surface area (TPSA) is 75.4 Å². The van der Waals surface area contributed by atoms with E-state index in [1.165, 1.54) is 0 Å². The van der Waals surface area contributed by atoms with Crippen LogP contribution in [0, 0.1) is 6.92 Å². The van der Waals surface area contributed by atoms with E-state index in [1.54, 1.807) is 0 Å². The summed E-state index contributed by atoms with van der Waals surface area (Å²) < 4.78 is 5.39. The van der Waals surface area contributed by atoms with Gasteiger partial charge >= 0.3 is 5.97 Å². The van der Waals surface area contributed by atoms with E-state index in [-0.39, 0.29) is 6.42 Å². The summed E-state index contributed by atoms with van der Waals surface area (Å²) in [5.74, 6) is -0.848. The SMILES string of the molecule is Cc1ccc2oc(NCCC(=O)O)nc2c1. The Morgan fingerprint density at radius 2 is 2.38 bits per heavy atom. The third-order valence-corrected chi connectivity index (χ3v) is 2.16. The number of hydrogen-bond donors (Lipinski definition) is 2. The van der Waals surface area contributed by atoms with Crippen LogP contribution >= 0.6 is 0 Å².